The van der Waals surface area contributed by atoms with Gasteiger partial charge in [-0.1, -0.05) is 11.6 Å². The highest BCUT2D eigenvalue weighted by Crippen LogP contribution is 2.30. The molecule has 3 N–H and O–H groups in total. The van der Waals surface area contributed by atoms with E-state index in [1.807, 2.05) is 0 Å². The van der Waals surface area contributed by atoms with Gasteiger partial charge in [-0.25, -0.2) is 4.79 Å². The number of carbonyl (C=O) groups excluding carboxylic acids is 1. The number of benzene rings is 1. The molecule has 5 nitrogen and oxygen atoms in total. The summed E-state index contributed by atoms with van der Waals surface area (Å²) in [7, 11) is 3.48. The van der Waals surface area contributed by atoms with Gasteiger partial charge in [0, 0.05) is 12.2 Å². The van der Waals surface area contributed by atoms with Crippen molar-refractivity contribution < 1.29 is 9.53 Å². The van der Waals surface area contributed by atoms with E-state index in [1.54, 1.807) is 12.1 Å². The number of nitrogens with two attached hydrogens (primary N) is 1. The maximum Gasteiger partial charge on any atom is 0.340 e. The molecule has 1 aromatic rings. The van der Waals surface area contributed by atoms with Crippen LogP contribution < -0.4 is 11.1 Å². The summed E-state index contributed by atoms with van der Waals surface area (Å²) in [6, 6.07) is 3.24. The summed E-state index contributed by atoms with van der Waals surface area (Å²) < 4.78 is 4.79. The lowest BCUT2D eigenvalue weighted by Gasteiger charge is -2.29. The summed E-state index contributed by atoms with van der Waals surface area (Å²) in [4.78, 5) is 14.2. The van der Waals surface area contributed by atoms with E-state index in [0.717, 1.165) is 32.5 Å². The Bertz CT molecular complexity index is 514. The Morgan fingerprint density at radius 1 is 1.48 bits per heavy atom. The summed E-state index contributed by atoms with van der Waals surface area (Å²) in [5.41, 5.74) is 7.19. The molecule has 116 valence electrons. The Hall–Kier alpha value is -1.46. The van der Waals surface area contributed by atoms with Gasteiger partial charge in [0.25, 0.3) is 0 Å². The fraction of sp³-hybridized carbons (Fsp3) is 0.533. The molecule has 0 spiro atoms. The van der Waals surface area contributed by atoms with Crippen molar-refractivity contribution in [3.63, 3.8) is 0 Å². The average molecular weight is 312 g/mol. The summed E-state index contributed by atoms with van der Waals surface area (Å²) >= 11 is 6.22. The third kappa shape index (κ3) is 4.02. The summed E-state index contributed by atoms with van der Waals surface area (Å²) in [5, 5.41) is 3.75. The second-order valence-electron chi connectivity index (χ2n) is 5.54. The van der Waals surface area contributed by atoms with Gasteiger partial charge in [-0.15, -0.1) is 0 Å². The topological polar surface area (TPSA) is 67.6 Å². The number of ether oxygens (including phenoxy) is 1. The van der Waals surface area contributed by atoms with Crippen molar-refractivity contribution in [1.82, 2.24) is 4.90 Å². The van der Waals surface area contributed by atoms with Crippen LogP contribution in [0.4, 0.5) is 11.4 Å². The number of piperidine rings is 1. The Kier molecular flexibility index (Phi) is 5.31. The maximum atomic E-state index is 11.8. The van der Waals surface area contributed by atoms with Crippen LogP contribution in [0.3, 0.4) is 0 Å². The summed E-state index contributed by atoms with van der Waals surface area (Å²) in [6.45, 7) is 3.00. The first-order chi connectivity index (χ1) is 10.0. The van der Waals surface area contributed by atoms with E-state index in [1.165, 1.54) is 7.11 Å². The third-order valence-electron chi connectivity index (χ3n) is 3.92. The molecule has 2 rings (SSSR count). The molecular weight excluding hydrogens is 290 g/mol. The predicted octanol–water partition coefficient (Wildman–Crippen LogP) is 2.46. The maximum absolute atomic E-state index is 11.8. The second-order valence-corrected chi connectivity index (χ2v) is 5.95. The van der Waals surface area contributed by atoms with Gasteiger partial charge in [0.2, 0.25) is 0 Å². The molecule has 0 bridgehead atoms. The molecule has 0 aromatic heterocycles. The highest BCUT2D eigenvalue weighted by Gasteiger charge is 2.20. The minimum atomic E-state index is -0.435. The molecule has 0 amide bonds. The molecule has 1 aliphatic rings. The standard InChI is InChI=1S/C15H22ClN3O2/c1-19-5-3-10(4-6-19)9-18-14-12(15(20)21-2)7-11(17)8-13(14)16/h7-8,10,18H,3-6,9,17H2,1-2H3. The number of rotatable bonds is 4. The largest absolute Gasteiger partial charge is 0.465 e. The van der Waals surface area contributed by atoms with Crippen LogP contribution in [0.5, 0.6) is 0 Å². The number of nitrogen functional groups attached to an aromatic ring is 1. The van der Waals surface area contributed by atoms with Crippen molar-refractivity contribution in [3.8, 4) is 0 Å². The van der Waals surface area contributed by atoms with Crippen LogP contribution in [0.2, 0.25) is 5.02 Å². The van der Waals surface area contributed by atoms with Gasteiger partial charge in [-0.3, -0.25) is 0 Å². The van der Waals surface area contributed by atoms with Crippen LogP contribution in [0.15, 0.2) is 12.1 Å². The van der Waals surface area contributed by atoms with Crippen LogP contribution in [0.25, 0.3) is 0 Å². The molecular formula is C15H22ClN3O2. The van der Waals surface area contributed by atoms with Crippen molar-refractivity contribution in [3.05, 3.63) is 22.7 Å². The normalized spacial score (nSPS) is 16.7. The van der Waals surface area contributed by atoms with E-state index in [2.05, 4.69) is 17.3 Å². The lowest BCUT2D eigenvalue weighted by atomic mass is 9.97. The van der Waals surface area contributed by atoms with Crippen molar-refractivity contribution in [2.75, 3.05) is 44.8 Å². The quantitative estimate of drug-likeness (QED) is 0.660. The fourth-order valence-electron chi connectivity index (χ4n) is 2.59. The second kappa shape index (κ2) is 7.00. The van der Waals surface area contributed by atoms with E-state index in [4.69, 9.17) is 22.1 Å². The number of anilines is 2. The van der Waals surface area contributed by atoms with Crippen molar-refractivity contribution in [1.29, 1.82) is 0 Å². The Labute approximate surface area is 130 Å². The zero-order valence-electron chi connectivity index (χ0n) is 12.5. The first-order valence-electron chi connectivity index (χ1n) is 7.11. The van der Waals surface area contributed by atoms with Crippen LogP contribution in [0, 0.1) is 5.92 Å². The Morgan fingerprint density at radius 3 is 2.76 bits per heavy atom. The third-order valence-corrected chi connectivity index (χ3v) is 4.22. The summed E-state index contributed by atoms with van der Waals surface area (Å²) in [5.74, 6) is 0.149. The molecule has 6 heteroatoms. The van der Waals surface area contributed by atoms with E-state index in [9.17, 15) is 4.79 Å². The fourth-order valence-corrected chi connectivity index (χ4v) is 2.89. The molecule has 0 radical (unpaired) electrons. The highest BCUT2D eigenvalue weighted by atomic mass is 35.5. The van der Waals surface area contributed by atoms with E-state index < -0.39 is 5.97 Å². The lowest BCUT2D eigenvalue weighted by Crippen LogP contribution is -2.33. The van der Waals surface area contributed by atoms with Crippen molar-refractivity contribution in [2.45, 2.75) is 12.8 Å². The minimum Gasteiger partial charge on any atom is -0.465 e. The van der Waals surface area contributed by atoms with Gasteiger partial charge in [0.15, 0.2) is 0 Å². The molecule has 1 heterocycles. The molecule has 1 fully saturated rings. The zero-order chi connectivity index (χ0) is 15.4. The Balaban J connectivity index is 2.10. The smallest absolute Gasteiger partial charge is 0.340 e. The van der Waals surface area contributed by atoms with Crippen molar-refractivity contribution in [2.24, 2.45) is 5.92 Å². The number of nitrogens with one attached hydrogen (secondary N) is 1. The summed E-state index contributed by atoms with van der Waals surface area (Å²) in [6.07, 6.45) is 2.29. The van der Waals surface area contributed by atoms with Crippen LogP contribution in [-0.2, 0) is 4.74 Å². The van der Waals surface area contributed by atoms with Gasteiger partial charge in [0.1, 0.15) is 0 Å². The molecule has 0 saturated carbocycles. The van der Waals surface area contributed by atoms with E-state index in [-0.39, 0.29) is 0 Å². The SMILES string of the molecule is COC(=O)c1cc(N)cc(Cl)c1NCC1CCN(C)CC1. The number of carbonyl (C=O) groups is 1. The van der Waals surface area contributed by atoms with Gasteiger partial charge < -0.3 is 20.7 Å². The molecule has 21 heavy (non-hydrogen) atoms. The number of likely N-dealkylation sites (tertiary alicyclic amines) is 1. The minimum absolute atomic E-state index is 0.385. The highest BCUT2D eigenvalue weighted by molar-refractivity contribution is 6.34. The molecule has 1 aliphatic heterocycles. The monoisotopic (exact) mass is 311 g/mol. The number of halogens is 1. The molecule has 1 saturated heterocycles. The zero-order valence-corrected chi connectivity index (χ0v) is 13.2. The van der Waals surface area contributed by atoms with Gasteiger partial charge in [-0.05, 0) is 51.0 Å². The lowest BCUT2D eigenvalue weighted by molar-refractivity contribution is 0.0602. The van der Waals surface area contributed by atoms with E-state index in [0.29, 0.717) is 27.9 Å². The van der Waals surface area contributed by atoms with Gasteiger partial charge >= 0.3 is 5.97 Å². The number of methoxy groups -OCH3 is 1. The predicted molar refractivity (Wildman–Crippen MR) is 85.9 cm³/mol. The number of hydrogen-bond acceptors (Lipinski definition) is 5. The first kappa shape index (κ1) is 15.9. The van der Waals surface area contributed by atoms with E-state index >= 15 is 0 Å². The van der Waals surface area contributed by atoms with Crippen LogP contribution in [-0.4, -0.2) is 44.7 Å². The number of nitrogens with zero attached hydrogens (tertiary/aromatic N) is 1. The molecule has 1 aromatic carbocycles. The first-order valence-corrected chi connectivity index (χ1v) is 7.48. The number of esters is 1. The van der Waals surface area contributed by atoms with Gasteiger partial charge in [-0.2, -0.15) is 0 Å². The average Bonchev–Trinajstić information content (AvgIpc) is 2.46. The van der Waals surface area contributed by atoms with Crippen LogP contribution >= 0.6 is 11.6 Å². The molecule has 0 unspecified atom stereocenters. The number of hydrogen-bond donors (Lipinski definition) is 2. The Morgan fingerprint density at radius 2 is 2.14 bits per heavy atom. The van der Waals surface area contributed by atoms with Crippen LogP contribution in [0.1, 0.15) is 23.2 Å². The molecule has 0 atom stereocenters. The molecule has 0 aliphatic carbocycles. The van der Waals surface area contributed by atoms with Gasteiger partial charge in [0.05, 0.1) is 23.4 Å². The van der Waals surface area contributed by atoms with Crippen molar-refractivity contribution >= 4 is 28.9 Å².